The van der Waals surface area contributed by atoms with Crippen LogP contribution in [0.25, 0.3) is 34.4 Å². The zero-order valence-electron chi connectivity index (χ0n) is 23.5. The minimum Gasteiger partial charge on any atom is -0.143 e. The second-order valence-corrected chi connectivity index (χ2v) is 13.3. The Morgan fingerprint density at radius 2 is 1.00 bits per heavy atom. The molecule has 42 heavy (non-hydrogen) atoms. The summed E-state index contributed by atoms with van der Waals surface area (Å²) in [6.07, 6.45) is 9.14. The van der Waals surface area contributed by atoms with Crippen molar-refractivity contribution in [3.63, 3.8) is 0 Å². The molecule has 4 heteroatoms. The number of rotatable bonds is 5. The first kappa shape index (κ1) is 29.1. The van der Waals surface area contributed by atoms with Crippen LogP contribution < -0.4 is 10.4 Å². The summed E-state index contributed by atoms with van der Waals surface area (Å²) in [5.41, 5.74) is 5.84. The number of hydrogen-bond acceptors (Lipinski definition) is 4. The van der Waals surface area contributed by atoms with Gasteiger partial charge in [-0.2, -0.15) is 0 Å². The van der Waals surface area contributed by atoms with Crippen molar-refractivity contribution in [2.75, 3.05) is 0 Å². The van der Waals surface area contributed by atoms with Gasteiger partial charge in [0.05, 0.1) is 0 Å². The zero-order valence-corrected chi connectivity index (χ0v) is 27.1. The highest BCUT2D eigenvalue weighted by atomic mass is 32.1. The van der Waals surface area contributed by atoms with Crippen molar-refractivity contribution in [3.8, 4) is 22.3 Å². The summed E-state index contributed by atoms with van der Waals surface area (Å²) in [7, 11) is 0. The van der Waals surface area contributed by atoms with Gasteiger partial charge in [-0.25, -0.2) is 0 Å². The summed E-state index contributed by atoms with van der Waals surface area (Å²) in [6.45, 7) is 4.66. The Balaban J connectivity index is 1.66. The van der Waals surface area contributed by atoms with Gasteiger partial charge in [0.15, 0.2) is 0 Å². The van der Waals surface area contributed by atoms with Crippen LogP contribution in [-0.4, -0.2) is 0 Å². The quantitative estimate of drug-likeness (QED) is 0.139. The second kappa shape index (κ2) is 11.6. The predicted octanol–water partition coefficient (Wildman–Crippen LogP) is 9.32. The molecule has 1 unspecified atom stereocenters. The zero-order chi connectivity index (χ0) is 29.5. The molecule has 0 bridgehead atoms. The summed E-state index contributed by atoms with van der Waals surface area (Å²) < 4.78 is 0. The Bertz CT molecular complexity index is 1840. The molecule has 0 amide bonds. The molecule has 0 fully saturated rings. The lowest BCUT2D eigenvalue weighted by Gasteiger charge is -2.46. The maximum Gasteiger partial charge on any atom is 0.0320 e. The summed E-state index contributed by atoms with van der Waals surface area (Å²) in [5.74, 6) is 0. The molecule has 0 spiro atoms. The molecule has 6 rings (SSSR count). The van der Waals surface area contributed by atoms with Gasteiger partial charge in [0.2, 0.25) is 0 Å². The highest BCUT2D eigenvalue weighted by Crippen LogP contribution is 2.53. The second-order valence-electron chi connectivity index (χ2n) is 11.3. The van der Waals surface area contributed by atoms with Gasteiger partial charge in [0, 0.05) is 30.4 Å². The van der Waals surface area contributed by atoms with Gasteiger partial charge >= 0.3 is 0 Å². The van der Waals surface area contributed by atoms with Gasteiger partial charge in [-0.05, 0) is 92.3 Å². The average Bonchev–Trinajstić information content (AvgIpc) is 3.17. The fraction of sp³-hybridized carbons (Fsp3) is 0.105. The Morgan fingerprint density at radius 1 is 0.548 bits per heavy atom. The smallest absolute Gasteiger partial charge is 0.0320 e. The van der Waals surface area contributed by atoms with Crippen LogP contribution in [0.2, 0.25) is 0 Å². The first-order valence-electron chi connectivity index (χ1n) is 13.9. The molecule has 0 radical (unpaired) electrons. The van der Waals surface area contributed by atoms with E-state index in [1.54, 1.807) is 0 Å². The summed E-state index contributed by atoms with van der Waals surface area (Å²) in [4.78, 5) is 3.76. The largest absolute Gasteiger partial charge is 0.143 e. The fourth-order valence-electron chi connectivity index (χ4n) is 6.09. The lowest BCUT2D eigenvalue weighted by Crippen LogP contribution is -2.42. The van der Waals surface area contributed by atoms with E-state index in [-0.39, 0.29) is 0 Å². The van der Waals surface area contributed by atoms with Crippen LogP contribution in [0.1, 0.15) is 25.0 Å². The fourth-order valence-corrected chi connectivity index (χ4v) is 7.12. The maximum atomic E-state index is 5.11. The minimum atomic E-state index is -0.554. The molecule has 5 aromatic carbocycles. The number of fused-ring (bicyclic) bond motifs is 1. The molecule has 1 atom stereocenters. The van der Waals surface area contributed by atoms with Crippen LogP contribution in [0.15, 0.2) is 141 Å². The number of benzene rings is 5. The van der Waals surface area contributed by atoms with Crippen LogP contribution >= 0.6 is 50.5 Å². The van der Waals surface area contributed by atoms with E-state index >= 15 is 0 Å². The van der Waals surface area contributed by atoms with E-state index in [1.165, 1.54) is 10.4 Å². The van der Waals surface area contributed by atoms with Crippen molar-refractivity contribution in [3.05, 3.63) is 143 Å². The van der Waals surface area contributed by atoms with Crippen LogP contribution in [0.5, 0.6) is 0 Å². The molecule has 0 heterocycles. The predicted molar refractivity (Wildman–Crippen MR) is 191 cm³/mol. The Hall–Kier alpha value is -3.02. The third kappa shape index (κ3) is 5.31. The van der Waals surface area contributed by atoms with E-state index < -0.39 is 10.8 Å². The molecule has 0 aliphatic heterocycles. The van der Waals surface area contributed by atoms with E-state index in [0.29, 0.717) is 0 Å². The molecule has 0 N–H and O–H groups in total. The molecule has 1 aliphatic rings. The summed E-state index contributed by atoms with van der Waals surface area (Å²) in [5, 5.41) is 2.41. The van der Waals surface area contributed by atoms with Gasteiger partial charge in [-0.3, -0.25) is 0 Å². The number of allylic oxidation sites excluding steroid dienone is 2. The van der Waals surface area contributed by atoms with Crippen molar-refractivity contribution >= 4 is 62.7 Å². The average molecular weight is 617 g/mol. The van der Waals surface area contributed by atoms with E-state index in [0.717, 1.165) is 53.0 Å². The molecule has 0 saturated heterocycles. The van der Waals surface area contributed by atoms with Crippen molar-refractivity contribution in [1.29, 1.82) is 0 Å². The molecule has 0 aromatic heterocycles. The number of thiol groups is 4. The van der Waals surface area contributed by atoms with Crippen molar-refractivity contribution in [1.82, 2.24) is 0 Å². The van der Waals surface area contributed by atoms with Crippen molar-refractivity contribution in [2.24, 2.45) is 5.41 Å². The van der Waals surface area contributed by atoms with Crippen molar-refractivity contribution in [2.45, 2.75) is 38.8 Å². The monoisotopic (exact) mass is 616 g/mol. The van der Waals surface area contributed by atoms with E-state index in [4.69, 9.17) is 25.3 Å². The minimum absolute atomic E-state index is 0.438. The Kier molecular flexibility index (Phi) is 8.01. The van der Waals surface area contributed by atoms with E-state index in [1.807, 2.05) is 24.3 Å². The van der Waals surface area contributed by atoms with Gasteiger partial charge in [0.25, 0.3) is 0 Å². The van der Waals surface area contributed by atoms with Crippen LogP contribution in [-0.2, 0) is 5.41 Å². The Labute approximate surface area is 270 Å². The Morgan fingerprint density at radius 3 is 1.50 bits per heavy atom. The molecule has 0 saturated carbocycles. The molecule has 5 aromatic rings. The van der Waals surface area contributed by atoms with Gasteiger partial charge in [-0.15, -0.1) is 50.5 Å². The van der Waals surface area contributed by atoms with Gasteiger partial charge < -0.3 is 0 Å². The highest BCUT2D eigenvalue weighted by molar-refractivity contribution is 7.80. The lowest BCUT2D eigenvalue weighted by molar-refractivity contribution is 0.352. The summed E-state index contributed by atoms with van der Waals surface area (Å²) >= 11 is 19.2. The molecular formula is C38H32S4. The normalized spacial score (nSPS) is 16.2. The van der Waals surface area contributed by atoms with Crippen LogP contribution in [0.4, 0.5) is 0 Å². The van der Waals surface area contributed by atoms with E-state index in [9.17, 15) is 0 Å². The topological polar surface area (TPSA) is 0 Å². The highest BCUT2D eigenvalue weighted by Gasteiger charge is 2.46. The van der Waals surface area contributed by atoms with Gasteiger partial charge in [0.1, 0.15) is 0 Å². The maximum absolute atomic E-state index is 5.11. The standard InChI is InChI=1S/C38H32S4/c1-37(21-5-8-25-6-3-4-7-30(25)24-37)38(2,33-22-28(13-19-35(33)41)26-9-15-31(39)16-10-26)34-23-29(14-20-36(34)42)27-11-17-32(40)18-12-27/h3-24,39-42H,1-2H3. The summed E-state index contributed by atoms with van der Waals surface area (Å²) in [6, 6.07) is 38.4. The van der Waals surface area contributed by atoms with Crippen LogP contribution in [0, 0.1) is 5.41 Å². The molecular weight excluding hydrogens is 585 g/mol. The molecule has 0 nitrogen and oxygen atoms in total. The lowest BCUT2D eigenvalue weighted by atomic mass is 9.57. The molecule has 1 aliphatic carbocycles. The number of hydrogen-bond donors (Lipinski definition) is 4. The van der Waals surface area contributed by atoms with Crippen molar-refractivity contribution < 1.29 is 0 Å². The van der Waals surface area contributed by atoms with Gasteiger partial charge in [-0.1, -0.05) is 98.8 Å². The van der Waals surface area contributed by atoms with E-state index in [2.05, 4.69) is 148 Å². The molecule has 208 valence electrons. The first-order valence-corrected chi connectivity index (χ1v) is 15.7. The first-order chi connectivity index (χ1) is 20.2. The SMILES string of the molecule is CC1(C(C)(c2cc(-c3ccc(S)cc3)ccc2S)c2cc(-c3ccc(S)cc3)ccc2S)C=CC=c2ccccc2=C1. The third-order valence-electron chi connectivity index (χ3n) is 8.72. The third-order valence-corrected chi connectivity index (χ3v) is 10.1. The van der Waals surface area contributed by atoms with Crippen LogP contribution in [0.3, 0.4) is 0 Å².